The number of hydrogen-bond acceptors (Lipinski definition) is 4. The van der Waals surface area contributed by atoms with Crippen LogP contribution in [0.25, 0.3) is 0 Å². The number of benzene rings is 2. The lowest BCUT2D eigenvalue weighted by Crippen LogP contribution is -2.09. The van der Waals surface area contributed by atoms with Gasteiger partial charge in [0.1, 0.15) is 5.75 Å². The third kappa shape index (κ3) is 2.94. The summed E-state index contributed by atoms with van der Waals surface area (Å²) in [6.07, 6.45) is 0. The molecule has 20 heavy (non-hydrogen) atoms. The SMILES string of the molecule is O=C(Oc1ccc([N+](=O)[O-])cc1)c1ccc(F)c(F)c1. The molecule has 0 aliphatic rings. The predicted molar refractivity (Wildman–Crippen MR) is 64.4 cm³/mol. The normalized spacial score (nSPS) is 10.1. The van der Waals surface area contributed by atoms with Gasteiger partial charge in [-0.15, -0.1) is 0 Å². The number of carbonyl (C=O) groups excluding carboxylic acids is 1. The molecule has 0 heterocycles. The summed E-state index contributed by atoms with van der Waals surface area (Å²) in [5, 5.41) is 10.4. The summed E-state index contributed by atoms with van der Waals surface area (Å²) in [6, 6.07) is 7.38. The van der Waals surface area contributed by atoms with Crippen LogP contribution in [0.15, 0.2) is 42.5 Å². The summed E-state index contributed by atoms with van der Waals surface area (Å²) < 4.78 is 30.6. The van der Waals surface area contributed by atoms with E-state index in [0.29, 0.717) is 6.07 Å². The van der Waals surface area contributed by atoms with Crippen LogP contribution in [0, 0.1) is 21.7 Å². The molecule has 7 heteroatoms. The van der Waals surface area contributed by atoms with Crippen LogP contribution in [0.4, 0.5) is 14.5 Å². The smallest absolute Gasteiger partial charge is 0.343 e. The molecule has 0 saturated heterocycles. The maximum absolute atomic E-state index is 13.0. The first kappa shape index (κ1) is 13.6. The van der Waals surface area contributed by atoms with Crippen molar-refractivity contribution in [1.29, 1.82) is 0 Å². The molecule has 0 fully saturated rings. The van der Waals surface area contributed by atoms with E-state index in [1.165, 1.54) is 12.1 Å². The first-order valence-electron chi connectivity index (χ1n) is 5.39. The van der Waals surface area contributed by atoms with Crippen molar-refractivity contribution in [3.05, 3.63) is 69.8 Å². The Hall–Kier alpha value is -2.83. The van der Waals surface area contributed by atoms with Crippen molar-refractivity contribution in [2.75, 3.05) is 0 Å². The van der Waals surface area contributed by atoms with Crippen LogP contribution < -0.4 is 4.74 Å². The van der Waals surface area contributed by atoms with E-state index in [1.54, 1.807) is 0 Å². The van der Waals surface area contributed by atoms with Gasteiger partial charge in [-0.3, -0.25) is 10.1 Å². The Morgan fingerprint density at radius 1 is 1.05 bits per heavy atom. The van der Waals surface area contributed by atoms with Crippen LogP contribution in [0.5, 0.6) is 5.75 Å². The van der Waals surface area contributed by atoms with Crippen molar-refractivity contribution < 1.29 is 23.2 Å². The number of nitro benzene ring substituents is 1. The van der Waals surface area contributed by atoms with Crippen LogP contribution in [0.2, 0.25) is 0 Å². The van der Waals surface area contributed by atoms with E-state index in [0.717, 1.165) is 24.3 Å². The Kier molecular flexibility index (Phi) is 3.69. The van der Waals surface area contributed by atoms with Gasteiger partial charge in [0, 0.05) is 12.1 Å². The first-order chi connectivity index (χ1) is 9.47. The molecule has 0 unspecified atom stereocenters. The van der Waals surface area contributed by atoms with E-state index < -0.39 is 22.5 Å². The van der Waals surface area contributed by atoms with Gasteiger partial charge >= 0.3 is 5.97 Å². The van der Waals surface area contributed by atoms with Crippen LogP contribution in [-0.2, 0) is 0 Å². The molecule has 0 radical (unpaired) electrons. The summed E-state index contributed by atoms with van der Waals surface area (Å²) in [5.74, 6) is -3.07. The Balaban J connectivity index is 2.14. The summed E-state index contributed by atoms with van der Waals surface area (Å²) in [5.41, 5.74) is -0.320. The number of hydrogen-bond donors (Lipinski definition) is 0. The maximum Gasteiger partial charge on any atom is 0.343 e. The quantitative estimate of drug-likeness (QED) is 0.374. The van der Waals surface area contributed by atoms with Crippen LogP contribution in [-0.4, -0.2) is 10.9 Å². The molecule has 0 N–H and O–H groups in total. The van der Waals surface area contributed by atoms with Gasteiger partial charge in [-0.05, 0) is 30.3 Å². The fourth-order valence-electron chi connectivity index (χ4n) is 1.42. The number of nitrogens with zero attached hydrogens (tertiary/aromatic N) is 1. The zero-order valence-electron chi connectivity index (χ0n) is 9.88. The van der Waals surface area contributed by atoms with Gasteiger partial charge in [-0.2, -0.15) is 0 Å². The lowest BCUT2D eigenvalue weighted by Gasteiger charge is -2.04. The lowest BCUT2D eigenvalue weighted by atomic mass is 10.2. The van der Waals surface area contributed by atoms with Crippen LogP contribution in [0.3, 0.4) is 0 Å². The maximum atomic E-state index is 13.0. The molecule has 0 spiro atoms. The number of carbonyl (C=O) groups is 1. The van der Waals surface area contributed by atoms with Gasteiger partial charge < -0.3 is 4.74 Å². The van der Waals surface area contributed by atoms with Crippen molar-refractivity contribution in [2.45, 2.75) is 0 Å². The lowest BCUT2D eigenvalue weighted by molar-refractivity contribution is -0.384. The molecule has 0 aliphatic carbocycles. The molecule has 0 aliphatic heterocycles. The predicted octanol–water partition coefficient (Wildman–Crippen LogP) is 3.09. The summed E-state index contributed by atoms with van der Waals surface area (Å²) >= 11 is 0. The van der Waals surface area contributed by atoms with E-state index >= 15 is 0 Å². The highest BCUT2D eigenvalue weighted by molar-refractivity contribution is 5.91. The summed E-state index contributed by atoms with van der Waals surface area (Å²) in [4.78, 5) is 21.5. The molecule has 2 aromatic rings. The zero-order valence-corrected chi connectivity index (χ0v) is 9.88. The molecule has 5 nitrogen and oxygen atoms in total. The minimum atomic E-state index is -1.16. The van der Waals surface area contributed by atoms with Gasteiger partial charge in [0.15, 0.2) is 11.6 Å². The third-order valence-corrected chi connectivity index (χ3v) is 2.41. The molecule has 2 rings (SSSR count). The molecular weight excluding hydrogens is 272 g/mol. The Labute approximate surface area is 111 Å². The van der Waals surface area contributed by atoms with Crippen molar-refractivity contribution >= 4 is 11.7 Å². The number of halogens is 2. The second-order valence-corrected chi connectivity index (χ2v) is 3.77. The molecule has 2 aromatic carbocycles. The third-order valence-electron chi connectivity index (χ3n) is 2.41. The van der Waals surface area contributed by atoms with Crippen molar-refractivity contribution in [3.63, 3.8) is 0 Å². The summed E-state index contributed by atoms with van der Waals surface area (Å²) in [7, 11) is 0. The molecule has 0 atom stereocenters. The van der Waals surface area contributed by atoms with Crippen molar-refractivity contribution in [2.24, 2.45) is 0 Å². The zero-order chi connectivity index (χ0) is 14.7. The van der Waals surface area contributed by atoms with E-state index in [4.69, 9.17) is 4.74 Å². The van der Waals surface area contributed by atoms with Crippen LogP contribution in [0.1, 0.15) is 10.4 Å². The minimum Gasteiger partial charge on any atom is -0.423 e. The Bertz CT molecular complexity index is 671. The molecule has 0 bridgehead atoms. The summed E-state index contributed by atoms with van der Waals surface area (Å²) in [6.45, 7) is 0. The molecule has 102 valence electrons. The van der Waals surface area contributed by atoms with E-state index in [-0.39, 0.29) is 17.0 Å². The largest absolute Gasteiger partial charge is 0.423 e. The highest BCUT2D eigenvalue weighted by atomic mass is 19.2. The highest BCUT2D eigenvalue weighted by Crippen LogP contribution is 2.19. The topological polar surface area (TPSA) is 69.4 Å². The van der Waals surface area contributed by atoms with Crippen molar-refractivity contribution in [1.82, 2.24) is 0 Å². The first-order valence-corrected chi connectivity index (χ1v) is 5.39. The average molecular weight is 279 g/mol. The molecule has 0 amide bonds. The molecular formula is C13H7F2NO4. The number of non-ortho nitro benzene ring substituents is 1. The fraction of sp³-hybridized carbons (Fsp3) is 0. The fourth-order valence-corrected chi connectivity index (χ4v) is 1.42. The van der Waals surface area contributed by atoms with Gasteiger partial charge in [0.25, 0.3) is 5.69 Å². The Morgan fingerprint density at radius 3 is 2.25 bits per heavy atom. The minimum absolute atomic E-state index is 0.0605. The van der Waals surface area contributed by atoms with E-state index in [9.17, 15) is 23.7 Å². The Morgan fingerprint density at radius 2 is 1.70 bits per heavy atom. The van der Waals surface area contributed by atoms with E-state index in [1.807, 2.05) is 0 Å². The number of nitro groups is 1. The number of ether oxygens (including phenoxy) is 1. The standard InChI is InChI=1S/C13H7F2NO4/c14-11-6-1-8(7-12(11)15)13(17)20-10-4-2-9(3-5-10)16(18)19/h1-7H. The second-order valence-electron chi connectivity index (χ2n) is 3.77. The number of rotatable bonds is 3. The van der Waals surface area contributed by atoms with Gasteiger partial charge in [0.05, 0.1) is 10.5 Å². The van der Waals surface area contributed by atoms with Crippen molar-refractivity contribution in [3.8, 4) is 5.75 Å². The monoisotopic (exact) mass is 279 g/mol. The van der Waals surface area contributed by atoms with Gasteiger partial charge in [0.2, 0.25) is 0 Å². The van der Waals surface area contributed by atoms with E-state index in [2.05, 4.69) is 0 Å². The van der Waals surface area contributed by atoms with Gasteiger partial charge in [-0.1, -0.05) is 0 Å². The van der Waals surface area contributed by atoms with Gasteiger partial charge in [-0.25, -0.2) is 13.6 Å². The highest BCUT2D eigenvalue weighted by Gasteiger charge is 2.13. The number of esters is 1. The molecule has 0 saturated carbocycles. The molecule has 0 aromatic heterocycles. The average Bonchev–Trinajstić information content (AvgIpc) is 2.42. The second kappa shape index (κ2) is 5.43. The van der Waals surface area contributed by atoms with Crippen LogP contribution >= 0.6 is 0 Å².